The minimum atomic E-state index is -0.174. The van der Waals surface area contributed by atoms with E-state index in [2.05, 4.69) is 46.2 Å². The fourth-order valence-electron chi connectivity index (χ4n) is 5.62. The highest BCUT2D eigenvalue weighted by molar-refractivity contribution is 6.09. The van der Waals surface area contributed by atoms with Crippen molar-refractivity contribution in [1.29, 1.82) is 0 Å². The molecule has 4 aromatic rings. The lowest BCUT2D eigenvalue weighted by molar-refractivity contribution is 0.0952. The van der Waals surface area contributed by atoms with E-state index in [1.54, 1.807) is 0 Å². The molecule has 2 heterocycles. The Balaban J connectivity index is 1.59. The summed E-state index contributed by atoms with van der Waals surface area (Å²) in [5.41, 5.74) is 13.9. The number of amides is 1. The van der Waals surface area contributed by atoms with Gasteiger partial charge in [0.15, 0.2) is 0 Å². The number of rotatable bonds is 6. The van der Waals surface area contributed by atoms with Crippen molar-refractivity contribution in [2.24, 2.45) is 5.73 Å². The topological polar surface area (TPSA) is 92.9 Å². The maximum Gasteiger partial charge on any atom is 0.253 e. The summed E-state index contributed by atoms with van der Waals surface area (Å²) < 4.78 is 2.38. The molecule has 0 bridgehead atoms. The van der Waals surface area contributed by atoms with Crippen molar-refractivity contribution in [3.8, 4) is 11.1 Å². The number of hydrogen-bond acceptors (Lipinski definition) is 3. The van der Waals surface area contributed by atoms with Crippen LogP contribution in [0, 0.1) is 20.8 Å². The summed E-state index contributed by atoms with van der Waals surface area (Å²) in [5, 5.41) is 4.01. The molecule has 1 aliphatic rings. The summed E-state index contributed by atoms with van der Waals surface area (Å²) >= 11 is 0. The second-order valence-corrected chi connectivity index (χ2v) is 10.1. The Bertz CT molecular complexity index is 1490. The van der Waals surface area contributed by atoms with Crippen LogP contribution in [0.1, 0.15) is 70.0 Å². The molecule has 36 heavy (non-hydrogen) atoms. The lowest BCUT2D eigenvalue weighted by Gasteiger charge is -2.16. The molecule has 6 heteroatoms. The van der Waals surface area contributed by atoms with Crippen molar-refractivity contribution in [3.05, 3.63) is 92.5 Å². The van der Waals surface area contributed by atoms with Gasteiger partial charge in [0.2, 0.25) is 0 Å². The number of carbonyl (C=O) groups excluding carboxylic acids is 1. The van der Waals surface area contributed by atoms with Gasteiger partial charge in [0.25, 0.3) is 11.5 Å². The van der Waals surface area contributed by atoms with Crippen LogP contribution in [0.15, 0.2) is 53.5 Å². The molecule has 0 atom stereocenters. The van der Waals surface area contributed by atoms with E-state index < -0.39 is 0 Å². The quantitative estimate of drug-likeness (QED) is 0.342. The van der Waals surface area contributed by atoms with Crippen molar-refractivity contribution >= 4 is 16.8 Å². The van der Waals surface area contributed by atoms with E-state index in [9.17, 15) is 9.59 Å². The van der Waals surface area contributed by atoms with E-state index in [0.717, 1.165) is 57.3 Å². The number of nitrogens with zero attached hydrogens (tertiary/aromatic N) is 1. The molecule has 1 fully saturated rings. The van der Waals surface area contributed by atoms with Gasteiger partial charge >= 0.3 is 0 Å². The molecule has 0 aliphatic heterocycles. The zero-order chi connectivity index (χ0) is 25.4. The van der Waals surface area contributed by atoms with Crippen LogP contribution in [0.4, 0.5) is 0 Å². The fourth-order valence-corrected chi connectivity index (χ4v) is 5.62. The SMILES string of the molecule is Cc1cc(C)c(CNC(=O)c2cc(-c3ccc(CN)cc3)cc3c2c(C)cn3C2CCCC2)c(=O)[nH]1. The van der Waals surface area contributed by atoms with Crippen LogP contribution in [0.25, 0.3) is 22.0 Å². The molecule has 0 unspecified atom stereocenters. The lowest BCUT2D eigenvalue weighted by atomic mass is 9.97. The Labute approximate surface area is 211 Å². The Morgan fingerprint density at radius 2 is 1.75 bits per heavy atom. The number of fused-ring (bicyclic) bond motifs is 1. The number of pyridine rings is 1. The smallest absolute Gasteiger partial charge is 0.253 e. The molecule has 0 saturated heterocycles. The third kappa shape index (κ3) is 4.49. The number of aromatic nitrogens is 2. The molecule has 2 aromatic heterocycles. The highest BCUT2D eigenvalue weighted by Crippen LogP contribution is 2.37. The number of hydrogen-bond donors (Lipinski definition) is 3. The number of benzene rings is 2. The minimum Gasteiger partial charge on any atom is -0.348 e. The maximum atomic E-state index is 13.6. The first kappa shape index (κ1) is 24.1. The second kappa shape index (κ2) is 9.78. The van der Waals surface area contributed by atoms with Gasteiger partial charge in [0.1, 0.15) is 0 Å². The minimum absolute atomic E-state index is 0.157. The molecular formula is C30H34N4O2. The number of nitrogens with two attached hydrogens (primary N) is 1. The summed E-state index contributed by atoms with van der Waals surface area (Å²) in [7, 11) is 0. The van der Waals surface area contributed by atoms with Gasteiger partial charge in [-0.15, -0.1) is 0 Å². The van der Waals surface area contributed by atoms with Crippen molar-refractivity contribution in [3.63, 3.8) is 0 Å². The monoisotopic (exact) mass is 482 g/mol. The third-order valence-corrected chi connectivity index (χ3v) is 7.53. The standard InChI is InChI=1S/C30H34N4O2/c1-18-12-20(3)33-30(36)26(18)16-32-29(35)25-13-23(22-10-8-21(15-31)9-11-22)14-27-28(25)19(2)17-34(27)24-6-4-5-7-24/h8-14,17,24H,4-7,15-16,31H2,1-3H3,(H,32,35)(H,33,36). The first-order valence-electron chi connectivity index (χ1n) is 12.8. The zero-order valence-electron chi connectivity index (χ0n) is 21.3. The number of nitrogens with one attached hydrogen (secondary N) is 2. The molecule has 1 aliphatic carbocycles. The molecule has 6 nitrogen and oxygen atoms in total. The Morgan fingerprint density at radius 1 is 1.03 bits per heavy atom. The van der Waals surface area contributed by atoms with Crippen molar-refractivity contribution in [1.82, 2.24) is 14.9 Å². The van der Waals surface area contributed by atoms with Crippen LogP contribution < -0.4 is 16.6 Å². The van der Waals surface area contributed by atoms with Crippen molar-refractivity contribution < 1.29 is 4.79 Å². The average Bonchev–Trinajstić information content (AvgIpc) is 3.51. The van der Waals surface area contributed by atoms with Crippen LogP contribution in [-0.4, -0.2) is 15.5 Å². The molecule has 2 aromatic carbocycles. The zero-order valence-corrected chi connectivity index (χ0v) is 21.3. The van der Waals surface area contributed by atoms with Crippen molar-refractivity contribution in [2.45, 2.75) is 65.6 Å². The highest BCUT2D eigenvalue weighted by Gasteiger charge is 2.23. The van der Waals surface area contributed by atoms with Crippen molar-refractivity contribution in [2.75, 3.05) is 0 Å². The van der Waals surface area contributed by atoms with E-state index in [4.69, 9.17) is 5.73 Å². The predicted molar refractivity (Wildman–Crippen MR) is 145 cm³/mol. The Morgan fingerprint density at radius 3 is 2.42 bits per heavy atom. The third-order valence-electron chi connectivity index (χ3n) is 7.53. The van der Waals surface area contributed by atoms with Gasteiger partial charge in [-0.1, -0.05) is 37.1 Å². The Kier molecular flexibility index (Phi) is 6.54. The Hall–Kier alpha value is -3.64. The summed E-state index contributed by atoms with van der Waals surface area (Å²) in [6, 6.07) is 14.8. The molecule has 4 N–H and O–H groups in total. The van der Waals surface area contributed by atoms with Gasteiger partial charge < -0.3 is 20.6 Å². The molecular weight excluding hydrogens is 448 g/mol. The molecule has 5 rings (SSSR count). The summed E-state index contributed by atoms with van der Waals surface area (Å²) in [5.74, 6) is -0.174. The van der Waals surface area contributed by atoms with E-state index in [0.29, 0.717) is 23.7 Å². The van der Waals surface area contributed by atoms with Gasteiger partial charge in [-0.25, -0.2) is 0 Å². The number of H-pyrrole nitrogens is 1. The number of aryl methyl sites for hydroxylation is 3. The predicted octanol–water partition coefficient (Wildman–Crippen LogP) is 5.43. The van der Waals surface area contributed by atoms with Gasteiger partial charge in [0.05, 0.1) is 0 Å². The largest absolute Gasteiger partial charge is 0.348 e. The van der Waals surface area contributed by atoms with E-state index in [1.165, 1.54) is 12.8 Å². The molecule has 186 valence electrons. The first-order chi connectivity index (χ1) is 17.4. The second-order valence-electron chi connectivity index (χ2n) is 10.1. The van der Waals surface area contributed by atoms with E-state index >= 15 is 0 Å². The van der Waals surface area contributed by atoms with Crippen LogP contribution in [0.3, 0.4) is 0 Å². The molecule has 1 amide bonds. The maximum absolute atomic E-state index is 13.6. The van der Waals surface area contributed by atoms with Crippen LogP contribution in [-0.2, 0) is 13.1 Å². The van der Waals surface area contributed by atoms with Crippen LogP contribution in [0.5, 0.6) is 0 Å². The lowest BCUT2D eigenvalue weighted by Crippen LogP contribution is -2.28. The van der Waals surface area contributed by atoms with Gasteiger partial charge in [-0.05, 0) is 79.6 Å². The molecule has 1 saturated carbocycles. The van der Waals surface area contributed by atoms with Gasteiger partial charge in [-0.3, -0.25) is 9.59 Å². The van der Waals surface area contributed by atoms with Gasteiger partial charge in [-0.2, -0.15) is 0 Å². The van der Waals surface area contributed by atoms with E-state index in [-0.39, 0.29) is 18.0 Å². The van der Waals surface area contributed by atoms with E-state index in [1.807, 2.05) is 38.1 Å². The van der Waals surface area contributed by atoms with Crippen LogP contribution in [0.2, 0.25) is 0 Å². The fraction of sp³-hybridized carbons (Fsp3) is 0.333. The molecule has 0 spiro atoms. The normalized spacial score (nSPS) is 14.0. The average molecular weight is 483 g/mol. The highest BCUT2D eigenvalue weighted by atomic mass is 16.1. The summed E-state index contributed by atoms with van der Waals surface area (Å²) in [6.07, 6.45) is 7.00. The number of carbonyl (C=O) groups is 1. The molecule has 0 radical (unpaired) electrons. The first-order valence-corrected chi connectivity index (χ1v) is 12.8. The van der Waals surface area contributed by atoms with Crippen LogP contribution >= 0.6 is 0 Å². The summed E-state index contributed by atoms with van der Waals surface area (Å²) in [6.45, 7) is 6.51. The summed E-state index contributed by atoms with van der Waals surface area (Å²) in [4.78, 5) is 29.0. The van der Waals surface area contributed by atoms with Gasteiger partial charge in [0, 0.05) is 53.1 Å². The number of aromatic amines is 1.